The molecular weight excluding hydrogens is 270 g/mol. The predicted octanol–water partition coefficient (Wildman–Crippen LogP) is -0.640. The number of amides is 1. The highest BCUT2D eigenvalue weighted by molar-refractivity contribution is 7.86. The Bertz CT molecular complexity index is 414. The van der Waals surface area contributed by atoms with Crippen LogP contribution in [-0.4, -0.2) is 80.8 Å². The van der Waals surface area contributed by atoms with Gasteiger partial charge in [0.25, 0.3) is 10.2 Å². The Morgan fingerprint density at radius 2 is 1.68 bits per heavy atom. The summed E-state index contributed by atoms with van der Waals surface area (Å²) in [7, 11) is 0.999. The van der Waals surface area contributed by atoms with E-state index in [2.05, 4.69) is 0 Å². The van der Waals surface area contributed by atoms with Gasteiger partial charge in [-0.15, -0.1) is 0 Å². The first-order chi connectivity index (χ1) is 8.64. The lowest BCUT2D eigenvalue weighted by atomic mass is 10.3. The first-order valence-electron chi connectivity index (χ1n) is 6.21. The third-order valence-corrected chi connectivity index (χ3v) is 4.83. The van der Waals surface area contributed by atoms with Gasteiger partial charge >= 0.3 is 0 Å². The predicted molar refractivity (Wildman–Crippen MR) is 71.8 cm³/mol. The lowest BCUT2D eigenvalue weighted by molar-refractivity contribution is -0.128. The van der Waals surface area contributed by atoms with Crippen molar-refractivity contribution < 1.29 is 17.9 Å². The molecule has 7 nitrogen and oxygen atoms in total. The molecule has 1 heterocycles. The van der Waals surface area contributed by atoms with Crippen molar-refractivity contribution in [2.45, 2.75) is 26.1 Å². The van der Waals surface area contributed by atoms with Crippen molar-refractivity contribution in [2.24, 2.45) is 0 Å². The van der Waals surface area contributed by atoms with E-state index in [1.165, 1.54) is 16.3 Å². The number of carbonyl (C=O) groups excluding carboxylic acids is 1. The van der Waals surface area contributed by atoms with Gasteiger partial charge in [-0.05, 0) is 13.8 Å². The minimum absolute atomic E-state index is 0.142. The van der Waals surface area contributed by atoms with Crippen LogP contribution >= 0.6 is 0 Å². The molecule has 8 heteroatoms. The van der Waals surface area contributed by atoms with Crippen LogP contribution in [0.5, 0.6) is 0 Å². The van der Waals surface area contributed by atoms with Gasteiger partial charge in [-0.2, -0.15) is 17.0 Å². The highest BCUT2D eigenvalue weighted by Crippen LogP contribution is 2.16. The minimum Gasteiger partial charge on any atom is -0.373 e. The summed E-state index contributed by atoms with van der Waals surface area (Å²) < 4.78 is 32.7. The Morgan fingerprint density at radius 3 is 2.11 bits per heavy atom. The second-order valence-corrected chi connectivity index (χ2v) is 7.16. The molecule has 1 rings (SSSR count). The molecule has 0 bridgehead atoms. The number of ether oxygens (including phenoxy) is 1. The van der Waals surface area contributed by atoms with Gasteiger partial charge in [-0.1, -0.05) is 0 Å². The van der Waals surface area contributed by atoms with Crippen LogP contribution < -0.4 is 0 Å². The van der Waals surface area contributed by atoms with Crippen LogP contribution in [0.15, 0.2) is 0 Å². The molecule has 0 aromatic rings. The van der Waals surface area contributed by atoms with Crippen LogP contribution in [0.3, 0.4) is 0 Å². The summed E-state index contributed by atoms with van der Waals surface area (Å²) in [5, 5.41) is 0. The largest absolute Gasteiger partial charge is 0.373 e. The number of rotatable bonds is 4. The second-order valence-electron chi connectivity index (χ2n) is 5.13. The van der Waals surface area contributed by atoms with Crippen molar-refractivity contribution >= 4 is 16.1 Å². The van der Waals surface area contributed by atoms with Crippen LogP contribution in [-0.2, 0) is 19.7 Å². The molecule has 2 atom stereocenters. The van der Waals surface area contributed by atoms with E-state index in [1.54, 1.807) is 14.1 Å². The maximum Gasteiger partial charge on any atom is 0.282 e. The summed E-state index contributed by atoms with van der Waals surface area (Å²) in [6.07, 6.45) is -0.284. The van der Waals surface area contributed by atoms with Crippen LogP contribution in [0.2, 0.25) is 0 Å². The van der Waals surface area contributed by atoms with Crippen LogP contribution in [0, 0.1) is 0 Å². The Kier molecular flexibility index (Phi) is 5.31. The van der Waals surface area contributed by atoms with Crippen LogP contribution in [0.25, 0.3) is 0 Å². The zero-order valence-electron chi connectivity index (χ0n) is 12.2. The molecule has 0 spiro atoms. The number of carbonyl (C=O) groups is 1. The average Bonchev–Trinajstić information content (AvgIpc) is 2.27. The summed E-state index contributed by atoms with van der Waals surface area (Å²) in [6.45, 7) is 4.14. The van der Waals surface area contributed by atoms with E-state index >= 15 is 0 Å². The van der Waals surface area contributed by atoms with Crippen molar-refractivity contribution in [2.75, 3.05) is 40.8 Å². The number of hydrogen-bond acceptors (Lipinski definition) is 4. The molecule has 0 saturated carbocycles. The van der Waals surface area contributed by atoms with Gasteiger partial charge in [-0.3, -0.25) is 4.79 Å². The SMILES string of the molecule is C[C@@H]1CN(S(=O)(=O)N(C)CC(=O)N(C)C)C[C@@H](C)O1. The monoisotopic (exact) mass is 293 g/mol. The van der Waals surface area contributed by atoms with Gasteiger partial charge in [0.1, 0.15) is 0 Å². The lowest BCUT2D eigenvalue weighted by Gasteiger charge is -2.36. The third-order valence-electron chi connectivity index (χ3n) is 2.96. The van der Waals surface area contributed by atoms with Crippen LogP contribution in [0.1, 0.15) is 13.8 Å². The molecule has 1 aliphatic heterocycles. The molecule has 1 aliphatic rings. The van der Waals surface area contributed by atoms with Crippen molar-refractivity contribution in [3.05, 3.63) is 0 Å². The van der Waals surface area contributed by atoms with Gasteiger partial charge in [0.15, 0.2) is 0 Å². The Labute approximate surface area is 115 Å². The second kappa shape index (κ2) is 6.17. The molecule has 1 fully saturated rings. The Balaban J connectivity index is 2.76. The molecule has 112 valence electrons. The van der Waals surface area contributed by atoms with E-state index in [0.717, 1.165) is 4.31 Å². The van der Waals surface area contributed by atoms with E-state index in [-0.39, 0.29) is 24.7 Å². The number of hydrogen-bond donors (Lipinski definition) is 0. The summed E-state index contributed by atoms with van der Waals surface area (Å²) in [4.78, 5) is 13.0. The molecule has 0 aromatic carbocycles. The van der Waals surface area contributed by atoms with Crippen molar-refractivity contribution in [1.29, 1.82) is 0 Å². The maximum atomic E-state index is 12.4. The average molecular weight is 293 g/mol. The fourth-order valence-corrected chi connectivity index (χ4v) is 3.39. The molecule has 19 heavy (non-hydrogen) atoms. The fraction of sp³-hybridized carbons (Fsp3) is 0.909. The highest BCUT2D eigenvalue weighted by atomic mass is 32.2. The lowest BCUT2D eigenvalue weighted by Crippen LogP contribution is -2.53. The normalized spacial score (nSPS) is 25.6. The molecule has 0 unspecified atom stereocenters. The topological polar surface area (TPSA) is 70.2 Å². The van der Waals surface area contributed by atoms with Gasteiger partial charge < -0.3 is 9.64 Å². The van der Waals surface area contributed by atoms with Gasteiger partial charge in [0.2, 0.25) is 5.91 Å². The van der Waals surface area contributed by atoms with E-state index < -0.39 is 10.2 Å². The number of morpholine rings is 1. The standard InChI is InChI=1S/C11H23N3O4S/c1-9-6-14(7-10(2)18-9)19(16,17)13(5)8-11(15)12(3)4/h9-10H,6-8H2,1-5H3/t9-,10-/m1/s1. The summed E-state index contributed by atoms with van der Waals surface area (Å²) in [5.41, 5.74) is 0. The van der Waals surface area contributed by atoms with Crippen molar-refractivity contribution in [3.8, 4) is 0 Å². The summed E-state index contributed by atoms with van der Waals surface area (Å²) in [5.74, 6) is -0.250. The summed E-state index contributed by atoms with van der Waals surface area (Å²) in [6, 6.07) is 0. The quantitative estimate of drug-likeness (QED) is 0.691. The van der Waals surface area contributed by atoms with E-state index in [9.17, 15) is 13.2 Å². The molecule has 0 radical (unpaired) electrons. The smallest absolute Gasteiger partial charge is 0.282 e. The van der Waals surface area contributed by atoms with Gasteiger partial charge in [0.05, 0.1) is 18.8 Å². The minimum atomic E-state index is -3.62. The van der Waals surface area contributed by atoms with Crippen molar-refractivity contribution in [3.63, 3.8) is 0 Å². The van der Waals surface area contributed by atoms with Gasteiger partial charge in [0, 0.05) is 34.2 Å². The zero-order valence-corrected chi connectivity index (χ0v) is 13.0. The molecular formula is C11H23N3O4S. The summed E-state index contributed by atoms with van der Waals surface area (Å²) >= 11 is 0. The van der Waals surface area contributed by atoms with E-state index in [0.29, 0.717) is 13.1 Å². The maximum absolute atomic E-state index is 12.4. The van der Waals surface area contributed by atoms with Gasteiger partial charge in [-0.25, -0.2) is 0 Å². The first-order valence-corrected chi connectivity index (χ1v) is 7.61. The number of nitrogens with zero attached hydrogens (tertiary/aromatic N) is 3. The Hall–Kier alpha value is -0.700. The molecule has 0 N–H and O–H groups in total. The highest BCUT2D eigenvalue weighted by Gasteiger charge is 2.34. The first kappa shape index (κ1) is 16.4. The fourth-order valence-electron chi connectivity index (χ4n) is 1.93. The third kappa shape index (κ3) is 4.13. The zero-order chi connectivity index (χ0) is 14.8. The molecule has 1 amide bonds. The molecule has 0 aliphatic carbocycles. The van der Waals surface area contributed by atoms with Crippen LogP contribution in [0.4, 0.5) is 0 Å². The molecule has 0 aromatic heterocycles. The molecule has 1 saturated heterocycles. The Morgan fingerprint density at radius 1 is 1.21 bits per heavy atom. The van der Waals surface area contributed by atoms with Crippen molar-refractivity contribution in [1.82, 2.24) is 13.5 Å². The van der Waals surface area contributed by atoms with E-state index in [1.807, 2.05) is 13.8 Å². The number of likely N-dealkylation sites (N-methyl/N-ethyl adjacent to an activating group) is 2. The van der Waals surface area contributed by atoms with E-state index in [4.69, 9.17) is 4.74 Å².